The number of ether oxygens (including phenoxy) is 2. The molecular weight excluding hydrogens is 1000 g/mol. The number of aromatic amines is 1. The fraction of sp³-hybridized carbons (Fsp3) is 0.108. The number of fused-ring (bicyclic) bond motifs is 1. The average molecular weight is 1030 g/mol. The quantitative estimate of drug-likeness (QED) is 0.0221. The summed E-state index contributed by atoms with van der Waals surface area (Å²) in [7, 11) is -15.8. The number of aliphatic hydroxyl groups is 2. The molecular formula is C37H29N9O21S3. The molecule has 0 amide bonds. The molecule has 0 aliphatic heterocycles. The van der Waals surface area contributed by atoms with Crippen LogP contribution < -0.4 is 15.0 Å². The van der Waals surface area contributed by atoms with Gasteiger partial charge >= 0.3 is 11.9 Å². The molecule has 366 valence electrons. The molecule has 9 N–H and O–H groups in total. The van der Waals surface area contributed by atoms with Crippen LogP contribution in [0.1, 0.15) is 20.8 Å². The Hall–Kier alpha value is -8.44. The number of benzene rings is 5. The highest BCUT2D eigenvalue weighted by Gasteiger charge is 2.29. The Morgan fingerprint density at radius 3 is 1.71 bits per heavy atom. The van der Waals surface area contributed by atoms with E-state index in [9.17, 15) is 88.9 Å². The second kappa shape index (κ2) is 20.0. The number of aliphatic hydroxyl groups excluding tert-OH is 2. The van der Waals surface area contributed by atoms with Crippen LogP contribution in [0.25, 0.3) is 16.5 Å². The van der Waals surface area contributed by atoms with Gasteiger partial charge in [-0.15, -0.1) is 30.7 Å². The van der Waals surface area contributed by atoms with Crippen LogP contribution in [-0.4, -0.2) is 118 Å². The molecule has 1 heterocycles. The lowest BCUT2D eigenvalue weighted by Gasteiger charge is -2.14. The molecule has 33 heteroatoms. The van der Waals surface area contributed by atoms with Gasteiger partial charge in [-0.1, -0.05) is 0 Å². The summed E-state index contributed by atoms with van der Waals surface area (Å²) < 4.78 is 116. The molecule has 6 rings (SSSR count). The molecule has 0 aliphatic carbocycles. The van der Waals surface area contributed by atoms with Crippen LogP contribution in [0.4, 0.5) is 39.8 Å². The Morgan fingerprint density at radius 2 is 1.20 bits per heavy atom. The fourth-order valence-corrected chi connectivity index (χ4v) is 8.04. The number of nitro benzene ring substituents is 1. The molecule has 0 unspecified atom stereocenters. The van der Waals surface area contributed by atoms with Crippen molar-refractivity contribution >= 4 is 92.9 Å². The number of nitrogens with one attached hydrogen (secondary N) is 1. The zero-order valence-electron chi connectivity index (χ0n) is 34.4. The third-order valence-electron chi connectivity index (χ3n) is 9.11. The van der Waals surface area contributed by atoms with Crippen LogP contribution in [0.5, 0.6) is 17.2 Å². The summed E-state index contributed by atoms with van der Waals surface area (Å²) in [6, 6.07) is 10.5. The summed E-state index contributed by atoms with van der Waals surface area (Å²) in [5, 5.41) is 84.3. The first-order chi connectivity index (χ1) is 32.8. The second-order valence-corrected chi connectivity index (χ2v) is 17.7. The third kappa shape index (κ3) is 11.0. The summed E-state index contributed by atoms with van der Waals surface area (Å²) in [5.74, 6) is -5.29. The van der Waals surface area contributed by atoms with Crippen LogP contribution in [0.15, 0.2) is 123 Å². The van der Waals surface area contributed by atoms with Crippen molar-refractivity contribution in [2.45, 2.75) is 14.7 Å². The van der Waals surface area contributed by atoms with Gasteiger partial charge in [0.2, 0.25) is 0 Å². The number of aromatic carboxylic acids is 2. The number of H-pyrrole nitrogens is 1. The Morgan fingerprint density at radius 1 is 0.657 bits per heavy atom. The molecule has 0 aliphatic rings. The topological polar surface area (TPSA) is 472 Å². The minimum absolute atomic E-state index is 0.186. The standard InChI is InChI=1S/C37H29N9O21S3/c47-9-11-66-27-16-26(28(67-12-10-48)15-25(27)40-38-23-7-3-18(46(55)56)13-22(23)36(51)52)41-42-30-29(69(60,61)62)14-21-20(33(30)49)6-8-24(34(21)70(63,64)65)39-43-31-32(37(53)54)44-45(35(31)50)17-1-4-19(5-2-17)68(57,58)59/h1-8,13-16,44,47-49H,9-12H2,(H,51,52)(H,53,54)(H,57,58,59)(H,60,61,62)(H,63,64,65). The number of carboxylic acid groups (broad SMARTS) is 2. The average Bonchev–Trinajstić information content (AvgIpc) is 3.62. The minimum atomic E-state index is -5.58. The fourth-order valence-electron chi connectivity index (χ4n) is 6.09. The summed E-state index contributed by atoms with van der Waals surface area (Å²) in [5.41, 5.74) is -7.64. The van der Waals surface area contributed by atoms with Crippen molar-refractivity contribution in [1.82, 2.24) is 9.78 Å². The first-order valence-electron chi connectivity index (χ1n) is 18.7. The maximum absolute atomic E-state index is 13.3. The molecule has 0 fully saturated rings. The van der Waals surface area contributed by atoms with E-state index in [0.29, 0.717) is 10.7 Å². The number of azo groups is 3. The number of nitro groups is 1. The van der Waals surface area contributed by atoms with Crippen molar-refractivity contribution in [3.8, 4) is 22.9 Å². The van der Waals surface area contributed by atoms with E-state index in [1.165, 1.54) is 0 Å². The number of nitrogens with zero attached hydrogens (tertiary/aromatic N) is 8. The van der Waals surface area contributed by atoms with Gasteiger partial charge in [-0.3, -0.25) is 33.7 Å². The predicted molar refractivity (Wildman–Crippen MR) is 233 cm³/mol. The van der Waals surface area contributed by atoms with Crippen molar-refractivity contribution in [3.63, 3.8) is 0 Å². The molecule has 6 aromatic rings. The van der Waals surface area contributed by atoms with Crippen molar-refractivity contribution in [2.75, 3.05) is 26.4 Å². The van der Waals surface area contributed by atoms with Gasteiger partial charge in [0.15, 0.2) is 17.1 Å². The summed E-state index contributed by atoms with van der Waals surface area (Å²) in [6.07, 6.45) is 0. The molecule has 0 radical (unpaired) electrons. The number of carboxylic acids is 2. The lowest BCUT2D eigenvalue weighted by Crippen LogP contribution is -2.14. The zero-order chi connectivity index (χ0) is 51.5. The number of non-ortho nitro benzene ring substituents is 1. The van der Waals surface area contributed by atoms with Gasteiger partial charge in [-0.05, 0) is 48.5 Å². The number of rotatable bonds is 19. The molecule has 0 saturated carbocycles. The van der Waals surface area contributed by atoms with Crippen molar-refractivity contribution < 1.29 is 88.4 Å². The number of phenols is 1. The van der Waals surface area contributed by atoms with E-state index in [1.807, 2.05) is 0 Å². The number of hydrogen-bond acceptors (Lipinski definition) is 22. The third-order valence-corrected chi connectivity index (χ3v) is 11.8. The van der Waals surface area contributed by atoms with Crippen LogP contribution >= 0.6 is 0 Å². The Balaban J connectivity index is 1.49. The van der Waals surface area contributed by atoms with Crippen LogP contribution in [0.2, 0.25) is 0 Å². The lowest BCUT2D eigenvalue weighted by molar-refractivity contribution is -0.384. The highest BCUT2D eigenvalue weighted by atomic mass is 32.2. The van der Waals surface area contributed by atoms with Gasteiger partial charge in [-0.2, -0.15) is 25.3 Å². The first kappa shape index (κ1) is 51.0. The van der Waals surface area contributed by atoms with Gasteiger partial charge in [-0.25, -0.2) is 14.3 Å². The molecule has 30 nitrogen and oxygen atoms in total. The van der Waals surface area contributed by atoms with Crippen LogP contribution in [0.3, 0.4) is 0 Å². The molecule has 70 heavy (non-hydrogen) atoms. The minimum Gasteiger partial charge on any atom is -0.505 e. The summed E-state index contributed by atoms with van der Waals surface area (Å²) in [4.78, 5) is 44.4. The van der Waals surface area contributed by atoms with Crippen LogP contribution in [-0.2, 0) is 30.4 Å². The molecule has 0 atom stereocenters. The summed E-state index contributed by atoms with van der Waals surface area (Å²) in [6.45, 7) is -2.09. The molecule has 1 aromatic heterocycles. The number of hydrogen-bond donors (Lipinski definition) is 9. The van der Waals surface area contributed by atoms with Gasteiger partial charge in [0.1, 0.15) is 62.9 Å². The maximum atomic E-state index is 13.3. The number of phenolic OH excluding ortho intramolecular Hbond substituents is 1. The van der Waals surface area contributed by atoms with Gasteiger partial charge in [0.25, 0.3) is 41.6 Å². The Bertz CT molecular complexity index is 3630. The smallest absolute Gasteiger partial charge is 0.356 e. The molecule has 0 spiro atoms. The van der Waals surface area contributed by atoms with E-state index < -0.39 is 150 Å². The van der Waals surface area contributed by atoms with E-state index in [4.69, 9.17) is 9.47 Å². The number of aromatic hydroxyl groups is 1. The Kier molecular flexibility index (Phi) is 14.6. The molecule has 0 saturated heterocycles. The molecule has 5 aromatic carbocycles. The zero-order valence-corrected chi connectivity index (χ0v) is 36.9. The van der Waals surface area contributed by atoms with E-state index in [2.05, 4.69) is 35.8 Å². The molecule has 0 bridgehead atoms. The van der Waals surface area contributed by atoms with Crippen molar-refractivity contribution in [1.29, 1.82) is 0 Å². The normalized spacial score (nSPS) is 12.4. The number of aromatic nitrogens is 2. The van der Waals surface area contributed by atoms with Gasteiger partial charge in [0, 0.05) is 35.0 Å². The lowest BCUT2D eigenvalue weighted by atomic mass is 10.1. The van der Waals surface area contributed by atoms with E-state index >= 15 is 0 Å². The highest BCUT2D eigenvalue weighted by molar-refractivity contribution is 7.86. The van der Waals surface area contributed by atoms with Crippen molar-refractivity contribution in [2.24, 2.45) is 30.7 Å². The van der Waals surface area contributed by atoms with E-state index in [1.54, 1.807) is 0 Å². The Labute approximate surface area is 389 Å². The van der Waals surface area contributed by atoms with Crippen LogP contribution in [0, 0.1) is 10.1 Å². The highest BCUT2D eigenvalue weighted by Crippen LogP contribution is 2.47. The monoisotopic (exact) mass is 1030 g/mol. The number of carbonyl (C=O) groups is 2. The van der Waals surface area contributed by atoms with E-state index in [-0.39, 0.29) is 28.6 Å². The van der Waals surface area contributed by atoms with E-state index in [0.717, 1.165) is 66.7 Å². The first-order valence-corrected chi connectivity index (χ1v) is 23.0. The SMILES string of the molecule is O=C(O)c1cc([N+](=O)[O-])ccc1N=Nc1cc(OCCO)c(N=Nc2c(S(=O)(=O)O)cc3c(S(=O)(=O)O)c(N=Nc4c(C(=O)O)[nH]n(-c5ccc(S(=O)(=O)O)cc5)c4=O)ccc3c2O)cc1OCCO. The maximum Gasteiger partial charge on any atom is 0.356 e. The summed E-state index contributed by atoms with van der Waals surface area (Å²) >= 11 is 0. The predicted octanol–water partition coefficient (Wildman–Crippen LogP) is 5.06. The second-order valence-electron chi connectivity index (χ2n) is 13.6. The van der Waals surface area contributed by atoms with Gasteiger partial charge < -0.3 is 35.0 Å². The largest absolute Gasteiger partial charge is 0.505 e. The van der Waals surface area contributed by atoms with Crippen molar-refractivity contribution in [3.05, 3.63) is 105 Å². The van der Waals surface area contributed by atoms with Gasteiger partial charge in [0.05, 0.1) is 34.3 Å².